The normalized spacial score (nSPS) is 28.9. The van der Waals surface area contributed by atoms with E-state index in [2.05, 4.69) is 17.1 Å². The summed E-state index contributed by atoms with van der Waals surface area (Å²) in [6.07, 6.45) is 2.78. The first kappa shape index (κ1) is 15.3. The number of nitrogens with zero attached hydrogens (tertiary/aromatic N) is 2. The molecule has 6 heteroatoms. The summed E-state index contributed by atoms with van der Waals surface area (Å²) in [5.41, 5.74) is 5.40. The van der Waals surface area contributed by atoms with Gasteiger partial charge in [0.25, 0.3) is 0 Å². The summed E-state index contributed by atoms with van der Waals surface area (Å²) in [7, 11) is 0. The number of nitrogens with one attached hydrogen (secondary N) is 1. The molecule has 3 N–H and O–H groups in total. The Balaban J connectivity index is 1.89. The molecule has 2 amide bonds. The van der Waals surface area contributed by atoms with Crippen molar-refractivity contribution >= 4 is 11.8 Å². The van der Waals surface area contributed by atoms with E-state index in [1.807, 2.05) is 4.90 Å². The van der Waals surface area contributed by atoms with Crippen LogP contribution in [0, 0.1) is 5.92 Å². The fourth-order valence-corrected chi connectivity index (χ4v) is 3.00. The van der Waals surface area contributed by atoms with Crippen molar-refractivity contribution in [3.05, 3.63) is 0 Å². The number of hydrogen-bond acceptors (Lipinski definition) is 4. The number of rotatable bonds is 3. The van der Waals surface area contributed by atoms with Gasteiger partial charge in [-0.15, -0.1) is 0 Å². The number of carbonyl (C=O) groups excluding carboxylic acids is 2. The molecule has 2 fully saturated rings. The van der Waals surface area contributed by atoms with Crippen molar-refractivity contribution in [2.45, 2.75) is 32.2 Å². The maximum Gasteiger partial charge on any atom is 0.236 e. The monoisotopic (exact) mass is 282 g/mol. The molecule has 2 heterocycles. The predicted molar refractivity (Wildman–Crippen MR) is 77.0 cm³/mol. The lowest BCUT2D eigenvalue weighted by Gasteiger charge is -2.37. The summed E-state index contributed by atoms with van der Waals surface area (Å²) in [5.74, 6) is -0.177. The number of nitrogens with two attached hydrogens (primary N) is 1. The van der Waals surface area contributed by atoms with Crippen molar-refractivity contribution in [2.24, 2.45) is 11.7 Å². The van der Waals surface area contributed by atoms with E-state index in [1.54, 1.807) is 0 Å². The molecule has 0 saturated carbocycles. The third kappa shape index (κ3) is 3.93. The first-order valence-corrected chi connectivity index (χ1v) is 7.60. The Morgan fingerprint density at radius 3 is 2.80 bits per heavy atom. The SMILES string of the molecule is CC1CCC(C(N)=O)CN1CC(=O)N1CCCNCC1. The van der Waals surface area contributed by atoms with E-state index in [4.69, 9.17) is 5.73 Å². The number of likely N-dealkylation sites (tertiary alicyclic amines) is 1. The van der Waals surface area contributed by atoms with Crippen LogP contribution in [-0.4, -0.2) is 66.9 Å². The maximum absolute atomic E-state index is 12.4. The van der Waals surface area contributed by atoms with Gasteiger partial charge in [0.05, 0.1) is 12.5 Å². The molecule has 2 saturated heterocycles. The Bertz CT molecular complexity index is 353. The lowest BCUT2D eigenvalue weighted by Crippen LogP contribution is -2.50. The zero-order chi connectivity index (χ0) is 14.5. The van der Waals surface area contributed by atoms with E-state index in [9.17, 15) is 9.59 Å². The lowest BCUT2D eigenvalue weighted by atomic mass is 9.93. The Morgan fingerprint density at radius 1 is 1.25 bits per heavy atom. The van der Waals surface area contributed by atoms with Crippen LogP contribution in [0.1, 0.15) is 26.2 Å². The van der Waals surface area contributed by atoms with Crippen LogP contribution in [-0.2, 0) is 9.59 Å². The second kappa shape index (κ2) is 7.04. The summed E-state index contributed by atoms with van der Waals surface area (Å²) >= 11 is 0. The highest BCUT2D eigenvalue weighted by atomic mass is 16.2. The average Bonchev–Trinajstić information content (AvgIpc) is 2.70. The number of amides is 2. The van der Waals surface area contributed by atoms with Crippen LogP contribution >= 0.6 is 0 Å². The summed E-state index contributed by atoms with van der Waals surface area (Å²) in [6.45, 7) is 6.60. The molecule has 0 spiro atoms. The van der Waals surface area contributed by atoms with Crippen molar-refractivity contribution in [1.29, 1.82) is 0 Å². The third-order valence-corrected chi connectivity index (χ3v) is 4.44. The van der Waals surface area contributed by atoms with Gasteiger partial charge in [-0.1, -0.05) is 0 Å². The number of primary amides is 1. The molecule has 0 bridgehead atoms. The van der Waals surface area contributed by atoms with Gasteiger partial charge in [0.15, 0.2) is 0 Å². The molecule has 20 heavy (non-hydrogen) atoms. The van der Waals surface area contributed by atoms with Gasteiger partial charge in [-0.3, -0.25) is 14.5 Å². The highest BCUT2D eigenvalue weighted by Gasteiger charge is 2.30. The van der Waals surface area contributed by atoms with Gasteiger partial charge in [-0.25, -0.2) is 0 Å². The predicted octanol–water partition coefficient (Wildman–Crippen LogP) is -0.606. The number of carbonyl (C=O) groups is 2. The van der Waals surface area contributed by atoms with Gasteiger partial charge < -0.3 is 16.0 Å². The smallest absolute Gasteiger partial charge is 0.236 e. The van der Waals surface area contributed by atoms with Crippen LogP contribution in [0.3, 0.4) is 0 Å². The van der Waals surface area contributed by atoms with Crippen LogP contribution in [0.5, 0.6) is 0 Å². The van der Waals surface area contributed by atoms with Crippen molar-refractivity contribution in [1.82, 2.24) is 15.1 Å². The average molecular weight is 282 g/mol. The van der Waals surface area contributed by atoms with E-state index in [1.165, 1.54) is 0 Å². The van der Waals surface area contributed by atoms with Crippen LogP contribution in [0.15, 0.2) is 0 Å². The van der Waals surface area contributed by atoms with Gasteiger partial charge in [0, 0.05) is 32.2 Å². The van der Waals surface area contributed by atoms with E-state index in [0.29, 0.717) is 19.1 Å². The molecule has 0 aromatic heterocycles. The van der Waals surface area contributed by atoms with Crippen molar-refractivity contribution in [2.75, 3.05) is 39.3 Å². The Kier molecular flexibility index (Phi) is 5.37. The van der Waals surface area contributed by atoms with E-state index >= 15 is 0 Å². The van der Waals surface area contributed by atoms with Crippen LogP contribution < -0.4 is 11.1 Å². The van der Waals surface area contributed by atoms with Crippen molar-refractivity contribution in [3.8, 4) is 0 Å². The second-order valence-electron chi connectivity index (χ2n) is 5.94. The number of hydrogen-bond donors (Lipinski definition) is 2. The molecular weight excluding hydrogens is 256 g/mol. The first-order valence-electron chi connectivity index (χ1n) is 7.60. The van der Waals surface area contributed by atoms with Gasteiger partial charge in [0.1, 0.15) is 0 Å². The van der Waals surface area contributed by atoms with Crippen LogP contribution in [0.25, 0.3) is 0 Å². The molecule has 2 aliphatic heterocycles. The Labute approximate surface area is 120 Å². The minimum Gasteiger partial charge on any atom is -0.369 e. The minimum absolute atomic E-state index is 0.107. The fraction of sp³-hybridized carbons (Fsp3) is 0.857. The molecule has 0 aliphatic carbocycles. The maximum atomic E-state index is 12.4. The molecule has 2 unspecified atom stereocenters. The third-order valence-electron chi connectivity index (χ3n) is 4.44. The Morgan fingerprint density at radius 2 is 2.05 bits per heavy atom. The second-order valence-corrected chi connectivity index (χ2v) is 5.94. The van der Waals surface area contributed by atoms with E-state index in [0.717, 1.165) is 45.4 Å². The van der Waals surface area contributed by atoms with Gasteiger partial charge >= 0.3 is 0 Å². The minimum atomic E-state index is -0.242. The highest BCUT2D eigenvalue weighted by Crippen LogP contribution is 2.21. The quantitative estimate of drug-likeness (QED) is 0.724. The highest BCUT2D eigenvalue weighted by molar-refractivity contribution is 5.79. The molecule has 2 aliphatic rings. The fourth-order valence-electron chi connectivity index (χ4n) is 3.00. The topological polar surface area (TPSA) is 78.7 Å². The van der Waals surface area contributed by atoms with Crippen LogP contribution in [0.4, 0.5) is 0 Å². The lowest BCUT2D eigenvalue weighted by molar-refractivity contribution is -0.135. The zero-order valence-electron chi connectivity index (χ0n) is 12.3. The molecule has 114 valence electrons. The van der Waals surface area contributed by atoms with Gasteiger partial charge in [-0.05, 0) is 32.7 Å². The summed E-state index contributed by atoms with van der Waals surface area (Å²) in [4.78, 5) is 27.8. The molecule has 0 aromatic carbocycles. The number of piperidine rings is 1. The zero-order valence-corrected chi connectivity index (χ0v) is 12.3. The summed E-state index contributed by atoms with van der Waals surface area (Å²) < 4.78 is 0. The summed E-state index contributed by atoms with van der Waals surface area (Å²) in [5, 5.41) is 3.30. The first-order chi connectivity index (χ1) is 9.58. The van der Waals surface area contributed by atoms with Gasteiger partial charge in [-0.2, -0.15) is 0 Å². The van der Waals surface area contributed by atoms with Crippen LogP contribution in [0.2, 0.25) is 0 Å². The molecule has 2 atom stereocenters. The van der Waals surface area contributed by atoms with E-state index < -0.39 is 0 Å². The molecular formula is C14H26N4O2. The molecule has 6 nitrogen and oxygen atoms in total. The Hall–Kier alpha value is -1.14. The molecule has 0 aromatic rings. The van der Waals surface area contributed by atoms with Gasteiger partial charge in [0.2, 0.25) is 11.8 Å². The standard InChI is InChI=1S/C14H26N4O2/c1-11-3-4-12(14(15)20)9-18(11)10-13(19)17-7-2-5-16-6-8-17/h11-12,16H,2-10H2,1H3,(H2,15,20). The van der Waals surface area contributed by atoms with Crippen molar-refractivity contribution < 1.29 is 9.59 Å². The largest absolute Gasteiger partial charge is 0.369 e. The summed E-state index contributed by atoms with van der Waals surface area (Å²) in [6, 6.07) is 0.347. The van der Waals surface area contributed by atoms with Crippen molar-refractivity contribution in [3.63, 3.8) is 0 Å². The van der Waals surface area contributed by atoms with E-state index in [-0.39, 0.29) is 17.7 Å². The molecule has 2 rings (SSSR count). The molecule has 0 radical (unpaired) electrons.